The lowest BCUT2D eigenvalue weighted by Gasteiger charge is -2.16. The molecule has 6 heteroatoms. The van der Waals surface area contributed by atoms with Gasteiger partial charge in [0.15, 0.2) is 17.5 Å². The van der Waals surface area contributed by atoms with Crippen molar-refractivity contribution in [1.29, 1.82) is 0 Å². The minimum Gasteiger partial charge on any atom is -0.496 e. The number of hydrogen-bond acceptors (Lipinski definition) is 4. The maximum Gasteiger partial charge on any atom is 0.191 e. The van der Waals surface area contributed by atoms with Crippen molar-refractivity contribution in [2.45, 2.75) is 26.8 Å². The Hall–Kier alpha value is -2.89. The number of benzene rings is 2. The third-order valence-corrected chi connectivity index (χ3v) is 4.44. The Balaban J connectivity index is 1.96. The molecule has 0 saturated heterocycles. The molecule has 0 aliphatic heterocycles. The Kier molecular flexibility index (Phi) is 7.99. The summed E-state index contributed by atoms with van der Waals surface area (Å²) in [7, 11) is 6.63. The Morgan fingerprint density at radius 2 is 1.43 bits per heavy atom. The van der Waals surface area contributed by atoms with Gasteiger partial charge in [-0.05, 0) is 31.9 Å². The summed E-state index contributed by atoms with van der Waals surface area (Å²) in [5.41, 5.74) is 4.86. The van der Waals surface area contributed by atoms with Gasteiger partial charge in [0, 0.05) is 31.8 Å². The highest BCUT2D eigenvalue weighted by Gasteiger charge is 2.12. The number of ether oxygens (including phenoxy) is 3. The van der Waals surface area contributed by atoms with Crippen LogP contribution >= 0.6 is 0 Å². The van der Waals surface area contributed by atoms with E-state index in [4.69, 9.17) is 14.2 Å². The van der Waals surface area contributed by atoms with E-state index in [0.29, 0.717) is 18.0 Å². The number of hydrogen-bond donors (Lipinski definition) is 2. The first-order valence-corrected chi connectivity index (χ1v) is 9.31. The van der Waals surface area contributed by atoms with Crippen LogP contribution in [0.15, 0.2) is 35.3 Å². The molecule has 2 N–H and O–H groups in total. The van der Waals surface area contributed by atoms with Crippen molar-refractivity contribution >= 4 is 5.96 Å². The molecule has 152 valence electrons. The van der Waals surface area contributed by atoms with Crippen LogP contribution in [0, 0.1) is 13.8 Å². The van der Waals surface area contributed by atoms with Crippen LogP contribution in [0.25, 0.3) is 0 Å². The van der Waals surface area contributed by atoms with E-state index in [9.17, 15) is 0 Å². The van der Waals surface area contributed by atoms with Crippen LogP contribution in [0.1, 0.15) is 22.3 Å². The van der Waals surface area contributed by atoms with Gasteiger partial charge in [-0.1, -0.05) is 29.3 Å². The highest BCUT2D eigenvalue weighted by Crippen LogP contribution is 2.34. The fraction of sp³-hybridized carbons (Fsp3) is 0.409. The SMILES string of the molecule is CN=C(NCCc1cc(C)cc(C)c1)NCc1cc(OC)c(OC)cc1OC. The van der Waals surface area contributed by atoms with Crippen LogP contribution in [-0.2, 0) is 13.0 Å². The molecule has 0 bridgehead atoms. The van der Waals surface area contributed by atoms with Gasteiger partial charge in [-0.2, -0.15) is 0 Å². The van der Waals surface area contributed by atoms with Crippen molar-refractivity contribution in [1.82, 2.24) is 10.6 Å². The lowest BCUT2D eigenvalue weighted by atomic mass is 10.1. The van der Waals surface area contributed by atoms with Crippen LogP contribution in [0.2, 0.25) is 0 Å². The van der Waals surface area contributed by atoms with Crippen molar-refractivity contribution in [3.05, 3.63) is 52.6 Å². The molecular weight excluding hydrogens is 354 g/mol. The van der Waals surface area contributed by atoms with Crippen LogP contribution in [0.3, 0.4) is 0 Å². The number of methoxy groups -OCH3 is 3. The summed E-state index contributed by atoms with van der Waals surface area (Å²) in [6.45, 7) is 5.60. The molecular formula is C22H31N3O3. The van der Waals surface area contributed by atoms with E-state index >= 15 is 0 Å². The van der Waals surface area contributed by atoms with Crippen LogP contribution in [0.5, 0.6) is 17.2 Å². The van der Waals surface area contributed by atoms with Crippen LogP contribution < -0.4 is 24.8 Å². The van der Waals surface area contributed by atoms with Gasteiger partial charge in [0.1, 0.15) is 5.75 Å². The van der Waals surface area contributed by atoms with E-state index in [2.05, 4.69) is 47.7 Å². The van der Waals surface area contributed by atoms with Crippen molar-refractivity contribution in [2.75, 3.05) is 34.9 Å². The number of nitrogens with one attached hydrogen (secondary N) is 2. The van der Waals surface area contributed by atoms with Gasteiger partial charge in [-0.25, -0.2) is 0 Å². The normalized spacial score (nSPS) is 11.1. The number of nitrogens with zero attached hydrogens (tertiary/aromatic N) is 1. The Labute approximate surface area is 167 Å². The van der Waals surface area contributed by atoms with Crippen LogP contribution in [0.4, 0.5) is 0 Å². The fourth-order valence-electron chi connectivity index (χ4n) is 3.17. The first-order valence-electron chi connectivity index (χ1n) is 9.31. The number of rotatable bonds is 8. The van der Waals surface area contributed by atoms with E-state index in [1.165, 1.54) is 16.7 Å². The van der Waals surface area contributed by atoms with Crippen molar-refractivity contribution in [2.24, 2.45) is 4.99 Å². The average molecular weight is 386 g/mol. The quantitative estimate of drug-likeness (QED) is 0.540. The molecule has 0 heterocycles. The molecule has 2 aromatic carbocycles. The predicted molar refractivity (Wildman–Crippen MR) is 114 cm³/mol. The topological polar surface area (TPSA) is 64.1 Å². The standard InChI is InChI=1S/C22H31N3O3/c1-15-9-16(2)11-17(10-15)7-8-24-22(23-3)25-14-18-12-20(27-5)21(28-6)13-19(18)26-4/h9-13H,7-8,14H2,1-6H3,(H2,23,24,25). The molecule has 6 nitrogen and oxygen atoms in total. The second-order valence-electron chi connectivity index (χ2n) is 6.62. The summed E-state index contributed by atoms with van der Waals surface area (Å²) in [5.74, 6) is 2.77. The predicted octanol–water partition coefficient (Wildman–Crippen LogP) is 3.24. The number of guanidine groups is 1. The highest BCUT2D eigenvalue weighted by molar-refractivity contribution is 5.79. The Morgan fingerprint density at radius 3 is 2.00 bits per heavy atom. The molecule has 0 atom stereocenters. The maximum absolute atomic E-state index is 5.48. The van der Waals surface area contributed by atoms with Gasteiger partial charge in [0.05, 0.1) is 21.3 Å². The van der Waals surface area contributed by atoms with E-state index in [0.717, 1.165) is 30.2 Å². The first-order chi connectivity index (χ1) is 13.5. The third kappa shape index (κ3) is 5.81. The zero-order chi connectivity index (χ0) is 20.5. The van der Waals surface area contributed by atoms with Gasteiger partial charge in [0.25, 0.3) is 0 Å². The molecule has 0 unspecified atom stereocenters. The summed E-state index contributed by atoms with van der Waals surface area (Å²) in [4.78, 5) is 4.30. The molecule has 0 fully saturated rings. The summed E-state index contributed by atoms with van der Waals surface area (Å²) in [5, 5.41) is 6.68. The lowest BCUT2D eigenvalue weighted by Crippen LogP contribution is -2.37. The average Bonchev–Trinajstić information content (AvgIpc) is 2.69. The minimum atomic E-state index is 0.548. The first kappa shape index (κ1) is 21.4. The van der Waals surface area contributed by atoms with Gasteiger partial charge >= 0.3 is 0 Å². The third-order valence-electron chi connectivity index (χ3n) is 4.44. The van der Waals surface area contributed by atoms with E-state index in [1.54, 1.807) is 28.4 Å². The second kappa shape index (κ2) is 10.4. The smallest absolute Gasteiger partial charge is 0.191 e. The molecule has 2 aromatic rings. The van der Waals surface area contributed by atoms with Gasteiger partial charge in [-0.15, -0.1) is 0 Å². The van der Waals surface area contributed by atoms with Gasteiger partial charge in [0.2, 0.25) is 0 Å². The minimum absolute atomic E-state index is 0.548. The molecule has 0 spiro atoms. The summed E-state index contributed by atoms with van der Waals surface area (Å²) >= 11 is 0. The molecule has 0 radical (unpaired) electrons. The van der Waals surface area contributed by atoms with Crippen molar-refractivity contribution in [3.63, 3.8) is 0 Å². The zero-order valence-electron chi connectivity index (χ0n) is 17.7. The maximum atomic E-state index is 5.48. The summed E-state index contributed by atoms with van der Waals surface area (Å²) in [6.07, 6.45) is 0.933. The molecule has 2 rings (SSSR count). The molecule has 0 aliphatic rings. The number of aliphatic imine (C=N–C) groups is 1. The molecule has 0 aromatic heterocycles. The van der Waals surface area contributed by atoms with E-state index < -0.39 is 0 Å². The monoisotopic (exact) mass is 385 g/mol. The lowest BCUT2D eigenvalue weighted by molar-refractivity contribution is 0.347. The molecule has 0 amide bonds. The van der Waals surface area contributed by atoms with Gasteiger partial charge in [-0.3, -0.25) is 4.99 Å². The van der Waals surface area contributed by atoms with Crippen molar-refractivity contribution < 1.29 is 14.2 Å². The molecule has 28 heavy (non-hydrogen) atoms. The van der Waals surface area contributed by atoms with Crippen molar-refractivity contribution in [3.8, 4) is 17.2 Å². The summed E-state index contributed by atoms with van der Waals surface area (Å²) in [6, 6.07) is 10.4. The second-order valence-corrected chi connectivity index (χ2v) is 6.62. The van der Waals surface area contributed by atoms with Crippen LogP contribution in [-0.4, -0.2) is 40.9 Å². The Bertz CT molecular complexity index is 799. The van der Waals surface area contributed by atoms with Gasteiger partial charge < -0.3 is 24.8 Å². The molecule has 0 saturated carbocycles. The Morgan fingerprint density at radius 1 is 0.821 bits per heavy atom. The summed E-state index contributed by atoms with van der Waals surface area (Å²) < 4.78 is 16.2. The highest BCUT2D eigenvalue weighted by atomic mass is 16.5. The largest absolute Gasteiger partial charge is 0.496 e. The van der Waals surface area contributed by atoms with E-state index in [1.807, 2.05) is 12.1 Å². The zero-order valence-corrected chi connectivity index (χ0v) is 17.7. The van der Waals surface area contributed by atoms with E-state index in [-0.39, 0.29) is 0 Å². The fourth-order valence-corrected chi connectivity index (χ4v) is 3.17. The number of aryl methyl sites for hydroxylation is 2. The molecule has 0 aliphatic carbocycles.